The van der Waals surface area contributed by atoms with Gasteiger partial charge in [0.2, 0.25) is 5.91 Å². The molecule has 0 aliphatic carbocycles. The van der Waals surface area contributed by atoms with Gasteiger partial charge in [-0.3, -0.25) is 14.9 Å². The third kappa shape index (κ3) is 5.08. The molecule has 0 radical (unpaired) electrons. The van der Waals surface area contributed by atoms with Crippen LogP contribution in [0.2, 0.25) is 0 Å². The highest BCUT2D eigenvalue weighted by Crippen LogP contribution is 2.35. The van der Waals surface area contributed by atoms with Crippen LogP contribution in [0.1, 0.15) is 18.3 Å². The third-order valence-electron chi connectivity index (χ3n) is 6.09. The Bertz CT molecular complexity index is 1430. The lowest BCUT2D eigenvalue weighted by Crippen LogP contribution is -2.35. The van der Waals surface area contributed by atoms with Gasteiger partial charge in [-0.1, -0.05) is 12.1 Å². The average Bonchev–Trinajstić information content (AvgIpc) is 3.32. The Morgan fingerprint density at radius 2 is 1.69 bits per heavy atom. The molecule has 1 fully saturated rings. The highest BCUT2D eigenvalue weighted by atomic mass is 32.2. The minimum Gasteiger partial charge on any atom is -0.486 e. The molecule has 7 nitrogen and oxygen atoms in total. The van der Waals surface area contributed by atoms with Crippen LogP contribution in [0.15, 0.2) is 71.6 Å². The van der Waals surface area contributed by atoms with Crippen molar-refractivity contribution in [2.24, 2.45) is 7.05 Å². The number of imidazole rings is 1. The molecule has 9 heteroatoms. The monoisotopic (exact) mass is 519 g/mol. The molecule has 1 atom stereocenters. The maximum absolute atomic E-state index is 12.1. The largest absolute Gasteiger partial charge is 0.486 e. The first-order chi connectivity index (χ1) is 17.3. The van der Waals surface area contributed by atoms with E-state index in [1.54, 1.807) is 18.7 Å². The van der Waals surface area contributed by atoms with E-state index in [1.165, 1.54) is 4.90 Å². The summed E-state index contributed by atoms with van der Waals surface area (Å²) in [4.78, 5) is 29.5. The SMILES string of the molecule is CSc1ccc(Oc2ccc3nc(COc4ccc(C[C@@]5(C)SC(=O)NC5=O)cc4)n(C)c3c2)cc1. The number of carbonyl (C=O) groups is 2. The molecule has 0 bridgehead atoms. The van der Waals surface area contributed by atoms with E-state index in [2.05, 4.69) is 5.32 Å². The molecule has 3 aromatic carbocycles. The Kier molecular flexibility index (Phi) is 6.68. The number of nitrogens with one attached hydrogen (secondary N) is 1. The zero-order valence-corrected chi connectivity index (χ0v) is 21.7. The van der Waals surface area contributed by atoms with Crippen LogP contribution in [-0.2, 0) is 24.9 Å². The van der Waals surface area contributed by atoms with Crippen molar-refractivity contribution in [2.75, 3.05) is 6.26 Å². The quantitative estimate of drug-likeness (QED) is 0.288. The van der Waals surface area contributed by atoms with Gasteiger partial charge in [0.25, 0.3) is 5.24 Å². The number of nitrogens with zero attached hydrogens (tertiary/aromatic N) is 2. The summed E-state index contributed by atoms with van der Waals surface area (Å²) in [7, 11) is 1.96. The molecule has 4 aromatic rings. The molecule has 1 aliphatic heterocycles. The standard InChI is InChI=1S/C27H25N3O4S2/c1-27(25(31)29-26(32)36-27)15-17-4-6-18(7-5-17)33-16-24-28-22-13-10-20(14-23(22)30(24)2)34-19-8-11-21(35-3)12-9-19/h4-14H,15-16H2,1-3H3,(H,29,31,32)/t27-/m1/s1. The molecule has 5 rings (SSSR count). The van der Waals surface area contributed by atoms with Crippen LogP contribution in [-0.4, -0.2) is 31.7 Å². The molecule has 1 aromatic heterocycles. The second-order valence-electron chi connectivity index (χ2n) is 8.70. The fraction of sp³-hybridized carbons (Fsp3) is 0.222. The number of amides is 2. The Morgan fingerprint density at radius 1 is 1.00 bits per heavy atom. The minimum absolute atomic E-state index is 0.248. The molecule has 0 unspecified atom stereocenters. The van der Waals surface area contributed by atoms with Crippen LogP contribution < -0.4 is 14.8 Å². The van der Waals surface area contributed by atoms with Crippen molar-refractivity contribution in [2.45, 2.75) is 29.6 Å². The molecule has 0 saturated carbocycles. The van der Waals surface area contributed by atoms with Crippen LogP contribution in [0.25, 0.3) is 11.0 Å². The van der Waals surface area contributed by atoms with Gasteiger partial charge in [-0.25, -0.2) is 4.98 Å². The van der Waals surface area contributed by atoms with E-state index in [9.17, 15) is 9.59 Å². The van der Waals surface area contributed by atoms with Crippen molar-refractivity contribution in [3.63, 3.8) is 0 Å². The minimum atomic E-state index is -0.785. The van der Waals surface area contributed by atoms with E-state index >= 15 is 0 Å². The van der Waals surface area contributed by atoms with Gasteiger partial charge in [-0.05, 0) is 85.5 Å². The molecule has 2 heterocycles. The summed E-state index contributed by atoms with van der Waals surface area (Å²) in [6.45, 7) is 2.09. The molecule has 1 saturated heterocycles. The predicted molar refractivity (Wildman–Crippen MR) is 143 cm³/mol. The number of aryl methyl sites for hydroxylation is 1. The third-order valence-corrected chi connectivity index (χ3v) is 7.90. The van der Waals surface area contributed by atoms with Gasteiger partial charge < -0.3 is 14.0 Å². The summed E-state index contributed by atoms with van der Waals surface area (Å²) in [6.07, 6.45) is 2.51. The van der Waals surface area contributed by atoms with Gasteiger partial charge in [0, 0.05) is 18.0 Å². The zero-order chi connectivity index (χ0) is 25.3. The predicted octanol–water partition coefficient (Wildman–Crippen LogP) is 5.95. The first-order valence-electron chi connectivity index (χ1n) is 11.4. The van der Waals surface area contributed by atoms with Gasteiger partial charge in [0.15, 0.2) is 0 Å². The molecule has 1 N–H and O–H groups in total. The molecular formula is C27H25N3O4S2. The van der Waals surface area contributed by atoms with E-state index in [0.717, 1.165) is 45.7 Å². The smallest absolute Gasteiger partial charge is 0.286 e. The Labute approximate surface area is 217 Å². The van der Waals surface area contributed by atoms with E-state index < -0.39 is 4.75 Å². The number of imide groups is 1. The van der Waals surface area contributed by atoms with Gasteiger partial charge in [-0.15, -0.1) is 11.8 Å². The Hall–Kier alpha value is -3.43. The van der Waals surface area contributed by atoms with E-state index in [-0.39, 0.29) is 11.1 Å². The van der Waals surface area contributed by atoms with Crippen molar-refractivity contribution in [3.8, 4) is 17.2 Å². The molecule has 184 valence electrons. The van der Waals surface area contributed by atoms with Crippen molar-refractivity contribution >= 4 is 45.7 Å². The summed E-state index contributed by atoms with van der Waals surface area (Å²) >= 11 is 2.73. The summed E-state index contributed by atoms with van der Waals surface area (Å²) < 4.78 is 13.2. The Balaban J connectivity index is 1.24. The molecule has 36 heavy (non-hydrogen) atoms. The lowest BCUT2D eigenvalue weighted by molar-refractivity contribution is -0.121. The second-order valence-corrected chi connectivity index (χ2v) is 11.1. The number of carbonyl (C=O) groups excluding carboxylic acids is 2. The highest BCUT2D eigenvalue weighted by molar-refractivity contribution is 8.16. The second kappa shape index (κ2) is 9.91. The number of hydrogen-bond acceptors (Lipinski definition) is 7. The fourth-order valence-electron chi connectivity index (χ4n) is 4.05. The van der Waals surface area contributed by atoms with Crippen LogP contribution in [0.4, 0.5) is 4.79 Å². The number of benzene rings is 3. The van der Waals surface area contributed by atoms with Crippen molar-refractivity contribution in [3.05, 3.63) is 78.1 Å². The van der Waals surface area contributed by atoms with Gasteiger partial charge >= 0.3 is 0 Å². The van der Waals surface area contributed by atoms with Crippen LogP contribution in [0.3, 0.4) is 0 Å². The topological polar surface area (TPSA) is 82.5 Å². The maximum atomic E-state index is 12.1. The lowest BCUT2D eigenvalue weighted by Gasteiger charge is -2.18. The normalized spacial score (nSPS) is 17.4. The van der Waals surface area contributed by atoms with Crippen LogP contribution in [0, 0.1) is 0 Å². The summed E-state index contributed by atoms with van der Waals surface area (Å²) in [6, 6.07) is 21.4. The van der Waals surface area contributed by atoms with E-state index in [4.69, 9.17) is 14.5 Å². The number of fused-ring (bicyclic) bond motifs is 1. The lowest BCUT2D eigenvalue weighted by atomic mass is 9.99. The number of hydrogen-bond donors (Lipinski definition) is 1. The van der Waals surface area contributed by atoms with Gasteiger partial charge in [-0.2, -0.15) is 0 Å². The molecule has 2 amide bonds. The number of ether oxygens (including phenoxy) is 2. The number of thioether (sulfide) groups is 2. The Morgan fingerprint density at radius 3 is 2.36 bits per heavy atom. The molecule has 1 aliphatic rings. The van der Waals surface area contributed by atoms with E-state index in [1.807, 2.05) is 84.6 Å². The van der Waals surface area contributed by atoms with Crippen LogP contribution in [0.5, 0.6) is 17.2 Å². The summed E-state index contributed by atoms with van der Waals surface area (Å²) in [5.41, 5.74) is 2.78. The first-order valence-corrected chi connectivity index (χ1v) is 13.4. The van der Waals surface area contributed by atoms with Crippen LogP contribution >= 0.6 is 23.5 Å². The maximum Gasteiger partial charge on any atom is 0.286 e. The molecule has 0 spiro atoms. The average molecular weight is 520 g/mol. The van der Waals surface area contributed by atoms with Crippen molar-refractivity contribution in [1.29, 1.82) is 0 Å². The molecular weight excluding hydrogens is 494 g/mol. The highest BCUT2D eigenvalue weighted by Gasteiger charge is 2.43. The zero-order valence-electron chi connectivity index (χ0n) is 20.1. The van der Waals surface area contributed by atoms with Crippen molar-refractivity contribution in [1.82, 2.24) is 14.9 Å². The van der Waals surface area contributed by atoms with E-state index in [0.29, 0.717) is 18.8 Å². The fourth-order valence-corrected chi connectivity index (χ4v) is 5.39. The van der Waals surface area contributed by atoms with Gasteiger partial charge in [0.05, 0.1) is 11.0 Å². The van der Waals surface area contributed by atoms with Gasteiger partial charge in [0.1, 0.15) is 34.4 Å². The summed E-state index contributed by atoms with van der Waals surface area (Å²) in [5.74, 6) is 2.78. The van der Waals surface area contributed by atoms with Crippen molar-refractivity contribution < 1.29 is 19.1 Å². The number of rotatable bonds is 8. The summed E-state index contributed by atoms with van der Waals surface area (Å²) in [5, 5.41) is 2.06. The number of aromatic nitrogens is 2. The first kappa shape index (κ1) is 24.3.